The number of anilines is 1. The highest BCUT2D eigenvalue weighted by Crippen LogP contribution is 1.99. The van der Waals surface area contributed by atoms with E-state index in [9.17, 15) is 0 Å². The first kappa shape index (κ1) is 5.90. The molecule has 1 aromatic rings. The van der Waals surface area contributed by atoms with E-state index in [0.717, 1.165) is 0 Å². The van der Waals surface area contributed by atoms with Crippen LogP contribution in [0.4, 0.5) is 5.95 Å². The van der Waals surface area contributed by atoms with Gasteiger partial charge in [0.2, 0.25) is 11.9 Å². The van der Waals surface area contributed by atoms with E-state index in [1.54, 1.807) is 12.4 Å². The highest BCUT2D eigenvalue weighted by Gasteiger charge is 2.08. The van der Waals surface area contributed by atoms with E-state index in [1.165, 1.54) is 10.9 Å². The van der Waals surface area contributed by atoms with E-state index < -0.39 is 0 Å². The van der Waals surface area contributed by atoms with Gasteiger partial charge in [-0.1, -0.05) is 0 Å². The second-order valence-electron chi connectivity index (χ2n) is 1.92. The van der Waals surface area contributed by atoms with Crippen molar-refractivity contribution < 1.29 is 0 Å². The Morgan fingerprint density at radius 2 is 2.27 bits per heavy atom. The Bertz CT molecular complexity index is 321. The molecule has 2 heterocycles. The van der Waals surface area contributed by atoms with Gasteiger partial charge in [0.15, 0.2) is 0 Å². The molecule has 1 radical (unpaired) electrons. The minimum Gasteiger partial charge on any atom is -0.368 e. The van der Waals surface area contributed by atoms with Gasteiger partial charge in [-0.05, 0) is 0 Å². The quantitative estimate of drug-likeness (QED) is 0.521. The van der Waals surface area contributed by atoms with Crippen molar-refractivity contribution >= 4 is 11.9 Å². The Kier molecular flexibility index (Phi) is 1.12. The van der Waals surface area contributed by atoms with Crippen LogP contribution in [0, 0.1) is 0 Å². The van der Waals surface area contributed by atoms with Gasteiger partial charge in [-0.25, -0.2) is 14.9 Å². The molecule has 2 rings (SSSR count). The average Bonchev–Trinajstić information content (AvgIpc) is 2.55. The normalized spacial score (nSPS) is 14.7. The van der Waals surface area contributed by atoms with E-state index in [2.05, 4.69) is 20.5 Å². The number of hydrogen-bond donors (Lipinski definition) is 1. The van der Waals surface area contributed by atoms with Gasteiger partial charge < -0.3 is 5.73 Å². The molecule has 11 heavy (non-hydrogen) atoms. The zero-order valence-corrected chi connectivity index (χ0v) is 5.55. The number of nitrogens with two attached hydrogens (primary N) is 1. The Balaban J connectivity index is 2.37. The van der Waals surface area contributed by atoms with Crippen molar-refractivity contribution in [2.75, 3.05) is 5.73 Å². The molecular weight excluding hydrogens is 144 g/mol. The second kappa shape index (κ2) is 2.08. The lowest BCUT2D eigenvalue weighted by Gasteiger charge is -1.98. The third-order valence-electron chi connectivity index (χ3n) is 1.24. The number of nitrogens with zero attached hydrogens (tertiary/aromatic N) is 5. The van der Waals surface area contributed by atoms with Crippen LogP contribution in [0.1, 0.15) is 0 Å². The highest BCUT2D eigenvalue weighted by atomic mass is 15.4. The molecule has 1 aliphatic heterocycles. The predicted octanol–water partition coefficient (Wildman–Crippen LogP) is -0.846. The average molecular weight is 149 g/mol. The Morgan fingerprint density at radius 3 is 2.82 bits per heavy atom. The minimum atomic E-state index is 0.288. The molecule has 0 saturated heterocycles. The minimum absolute atomic E-state index is 0.288. The number of rotatable bonds is 0. The van der Waals surface area contributed by atoms with Crippen LogP contribution in [0.25, 0.3) is 0 Å². The van der Waals surface area contributed by atoms with Crippen LogP contribution in [0.5, 0.6) is 0 Å². The fraction of sp³-hybridized carbons (Fsp3) is 0. The van der Waals surface area contributed by atoms with Crippen LogP contribution in [0.3, 0.4) is 0 Å². The van der Waals surface area contributed by atoms with Crippen LogP contribution in [-0.2, 0) is 0 Å². The zero-order chi connectivity index (χ0) is 7.68. The number of aromatic nitrogens is 3. The van der Waals surface area contributed by atoms with Gasteiger partial charge in [-0.15, -0.1) is 10.2 Å². The van der Waals surface area contributed by atoms with Crippen LogP contribution >= 0.6 is 0 Å². The van der Waals surface area contributed by atoms with E-state index in [4.69, 9.17) is 5.73 Å². The number of hydrogen-bond acceptors (Lipinski definition) is 4. The fourth-order valence-electron chi connectivity index (χ4n) is 0.756. The van der Waals surface area contributed by atoms with Gasteiger partial charge >= 0.3 is 0 Å². The molecule has 0 spiro atoms. The molecule has 1 aromatic heterocycles. The lowest BCUT2D eigenvalue weighted by molar-refractivity contribution is 1.06. The zero-order valence-electron chi connectivity index (χ0n) is 5.55. The Morgan fingerprint density at radius 1 is 1.36 bits per heavy atom. The van der Waals surface area contributed by atoms with E-state index >= 15 is 0 Å². The standard InChI is InChI=1S/C5H5N6/c6-4-10-9-3-11(4)5-7-1-2-8-5/h1-3H,(H2,6,10). The second-order valence-corrected chi connectivity index (χ2v) is 1.92. The topological polar surface area (TPSA) is 83.2 Å². The molecule has 0 unspecified atom stereocenters. The van der Waals surface area contributed by atoms with Crippen molar-refractivity contribution in [2.24, 2.45) is 4.99 Å². The van der Waals surface area contributed by atoms with Crippen molar-refractivity contribution in [3.63, 3.8) is 0 Å². The summed E-state index contributed by atoms with van der Waals surface area (Å²) in [6, 6.07) is 0. The van der Waals surface area contributed by atoms with Gasteiger partial charge in [0.25, 0.3) is 0 Å². The number of aliphatic imine (C=N–C) groups is 1. The highest BCUT2D eigenvalue weighted by molar-refractivity contribution is 5.86. The fourth-order valence-corrected chi connectivity index (χ4v) is 0.756. The first-order valence-corrected chi connectivity index (χ1v) is 2.97. The molecule has 1 aliphatic rings. The summed E-state index contributed by atoms with van der Waals surface area (Å²) in [5, 5.41) is 11.1. The third-order valence-corrected chi connectivity index (χ3v) is 1.24. The SMILES string of the molecule is Nc1nncn1C1=NC=C[N]1. The smallest absolute Gasteiger partial charge is 0.237 e. The first-order valence-electron chi connectivity index (χ1n) is 2.97. The summed E-state index contributed by atoms with van der Waals surface area (Å²) in [6.45, 7) is 0. The van der Waals surface area contributed by atoms with E-state index in [0.29, 0.717) is 5.96 Å². The van der Waals surface area contributed by atoms with Gasteiger partial charge in [-0.3, -0.25) is 0 Å². The largest absolute Gasteiger partial charge is 0.368 e. The lowest BCUT2D eigenvalue weighted by atomic mass is 10.8. The van der Waals surface area contributed by atoms with Crippen LogP contribution in [0.15, 0.2) is 23.7 Å². The van der Waals surface area contributed by atoms with Crippen LogP contribution in [0.2, 0.25) is 0 Å². The predicted molar refractivity (Wildman–Crippen MR) is 38.5 cm³/mol. The summed E-state index contributed by atoms with van der Waals surface area (Å²) >= 11 is 0. The van der Waals surface area contributed by atoms with Crippen molar-refractivity contribution in [1.29, 1.82) is 0 Å². The summed E-state index contributed by atoms with van der Waals surface area (Å²) in [7, 11) is 0. The molecule has 0 fully saturated rings. The molecule has 0 bridgehead atoms. The van der Waals surface area contributed by atoms with Gasteiger partial charge in [0.05, 0.1) is 0 Å². The van der Waals surface area contributed by atoms with Crippen molar-refractivity contribution in [3.8, 4) is 0 Å². The van der Waals surface area contributed by atoms with Crippen molar-refractivity contribution in [1.82, 2.24) is 20.1 Å². The summed E-state index contributed by atoms with van der Waals surface area (Å²) in [4.78, 5) is 3.91. The maximum Gasteiger partial charge on any atom is 0.237 e. The molecule has 55 valence electrons. The van der Waals surface area contributed by atoms with Crippen molar-refractivity contribution in [2.45, 2.75) is 0 Å². The monoisotopic (exact) mass is 149 g/mol. The number of nitrogen functional groups attached to an aromatic ring is 1. The first-order chi connectivity index (χ1) is 5.38. The Labute approximate surface area is 62.4 Å². The Hall–Kier alpha value is -1.85. The summed E-state index contributed by atoms with van der Waals surface area (Å²) < 4.78 is 1.50. The molecule has 2 N–H and O–H groups in total. The molecule has 0 aliphatic carbocycles. The van der Waals surface area contributed by atoms with Gasteiger partial charge in [-0.2, -0.15) is 0 Å². The third kappa shape index (κ3) is 0.841. The molecule has 6 nitrogen and oxygen atoms in total. The van der Waals surface area contributed by atoms with Crippen LogP contribution in [-0.4, -0.2) is 20.7 Å². The molecule has 0 aromatic carbocycles. The molecule has 6 heteroatoms. The maximum absolute atomic E-state index is 5.44. The van der Waals surface area contributed by atoms with E-state index in [-0.39, 0.29) is 5.95 Å². The molecule has 0 saturated carbocycles. The lowest BCUT2D eigenvalue weighted by Crippen LogP contribution is -2.18. The van der Waals surface area contributed by atoms with E-state index in [1.807, 2.05) is 0 Å². The molecule has 0 atom stereocenters. The summed E-state index contributed by atoms with van der Waals surface area (Å²) in [5.74, 6) is 0.781. The van der Waals surface area contributed by atoms with Crippen LogP contribution < -0.4 is 11.1 Å². The maximum atomic E-state index is 5.44. The molecule has 0 amide bonds. The van der Waals surface area contributed by atoms with Gasteiger partial charge in [0, 0.05) is 12.4 Å². The van der Waals surface area contributed by atoms with Gasteiger partial charge in [0.1, 0.15) is 6.33 Å². The van der Waals surface area contributed by atoms with Crippen molar-refractivity contribution in [3.05, 3.63) is 18.7 Å². The summed E-state index contributed by atoms with van der Waals surface area (Å²) in [6.07, 6.45) is 4.62. The molecular formula is C5H5N6. The summed E-state index contributed by atoms with van der Waals surface area (Å²) in [5.41, 5.74) is 5.44.